The van der Waals surface area contributed by atoms with Crippen LogP contribution in [0.3, 0.4) is 0 Å². The Bertz CT molecular complexity index is 846. The van der Waals surface area contributed by atoms with Crippen molar-refractivity contribution in [3.05, 3.63) is 54.8 Å². The standard InChI is InChI=1S/C19H23N7/c1-25-10-8-24-19(25)18-17(22-6-7-23-18)11-15-3-2-9-26(13-15)14-16-12-20-4-5-21-16/h4-8,10,12,15H,2-3,9,11,13-14H2,1H3/t15-/m1/s1. The minimum Gasteiger partial charge on any atom is -0.333 e. The Morgan fingerprint density at radius 1 is 1.04 bits per heavy atom. The second-order valence-electron chi connectivity index (χ2n) is 6.86. The van der Waals surface area contributed by atoms with Gasteiger partial charge in [-0.1, -0.05) is 0 Å². The first kappa shape index (κ1) is 16.8. The molecule has 1 atom stereocenters. The summed E-state index contributed by atoms with van der Waals surface area (Å²) in [6.07, 6.45) is 15.9. The molecule has 0 N–H and O–H groups in total. The van der Waals surface area contributed by atoms with Crippen molar-refractivity contribution in [1.82, 2.24) is 34.4 Å². The van der Waals surface area contributed by atoms with Gasteiger partial charge in [-0.25, -0.2) is 9.97 Å². The van der Waals surface area contributed by atoms with Crippen molar-refractivity contribution in [2.75, 3.05) is 13.1 Å². The Morgan fingerprint density at radius 3 is 2.73 bits per heavy atom. The maximum Gasteiger partial charge on any atom is 0.160 e. The molecule has 1 aliphatic heterocycles. The first-order valence-electron chi connectivity index (χ1n) is 9.04. The largest absolute Gasteiger partial charge is 0.333 e. The number of imidazole rings is 1. The number of piperidine rings is 1. The zero-order valence-corrected chi connectivity index (χ0v) is 15.0. The maximum absolute atomic E-state index is 4.62. The summed E-state index contributed by atoms with van der Waals surface area (Å²) in [5.74, 6) is 1.44. The van der Waals surface area contributed by atoms with Gasteiger partial charge in [0, 0.05) is 63.5 Å². The van der Waals surface area contributed by atoms with Crippen LogP contribution in [0.15, 0.2) is 43.4 Å². The number of rotatable bonds is 5. The van der Waals surface area contributed by atoms with Gasteiger partial charge in [0.1, 0.15) is 5.69 Å². The molecule has 4 heterocycles. The van der Waals surface area contributed by atoms with Gasteiger partial charge < -0.3 is 4.57 Å². The van der Waals surface area contributed by atoms with Gasteiger partial charge in [0.25, 0.3) is 0 Å². The predicted octanol–water partition coefficient (Wildman–Crippen LogP) is 2.12. The number of hydrogen-bond acceptors (Lipinski definition) is 6. The molecular weight excluding hydrogens is 326 g/mol. The average molecular weight is 349 g/mol. The summed E-state index contributed by atoms with van der Waals surface area (Å²) in [5.41, 5.74) is 2.96. The molecule has 26 heavy (non-hydrogen) atoms. The summed E-state index contributed by atoms with van der Waals surface area (Å²) in [5, 5.41) is 0. The predicted molar refractivity (Wildman–Crippen MR) is 98.0 cm³/mol. The first-order chi connectivity index (χ1) is 12.8. The van der Waals surface area contributed by atoms with Crippen LogP contribution in [-0.4, -0.2) is 47.5 Å². The molecule has 1 saturated heterocycles. The molecule has 134 valence electrons. The fraction of sp³-hybridized carbons (Fsp3) is 0.421. The second kappa shape index (κ2) is 7.70. The van der Waals surface area contributed by atoms with Crippen molar-refractivity contribution >= 4 is 0 Å². The van der Waals surface area contributed by atoms with Crippen LogP contribution in [0.4, 0.5) is 0 Å². The van der Waals surface area contributed by atoms with Gasteiger partial charge in [-0.3, -0.25) is 19.9 Å². The Hall–Kier alpha value is -2.67. The number of hydrogen-bond donors (Lipinski definition) is 0. The molecule has 3 aromatic rings. The highest BCUT2D eigenvalue weighted by molar-refractivity contribution is 5.52. The highest BCUT2D eigenvalue weighted by Gasteiger charge is 2.23. The van der Waals surface area contributed by atoms with Gasteiger partial charge in [0.05, 0.1) is 11.4 Å². The molecule has 0 spiro atoms. The van der Waals surface area contributed by atoms with Crippen molar-refractivity contribution in [3.8, 4) is 11.5 Å². The Morgan fingerprint density at radius 2 is 1.92 bits per heavy atom. The van der Waals surface area contributed by atoms with Crippen LogP contribution < -0.4 is 0 Å². The van der Waals surface area contributed by atoms with E-state index < -0.39 is 0 Å². The van der Waals surface area contributed by atoms with Crippen molar-refractivity contribution < 1.29 is 0 Å². The molecule has 1 fully saturated rings. The fourth-order valence-electron chi connectivity index (χ4n) is 3.67. The Kier molecular flexibility index (Phi) is 4.97. The molecule has 0 unspecified atom stereocenters. The summed E-state index contributed by atoms with van der Waals surface area (Å²) in [6, 6.07) is 0. The van der Waals surface area contributed by atoms with E-state index in [0.29, 0.717) is 5.92 Å². The number of aryl methyl sites for hydroxylation is 1. The molecule has 7 nitrogen and oxygen atoms in total. The third kappa shape index (κ3) is 3.77. The van der Waals surface area contributed by atoms with Crippen LogP contribution in [0, 0.1) is 5.92 Å². The molecule has 0 bridgehead atoms. The Balaban J connectivity index is 1.47. The van der Waals surface area contributed by atoms with Gasteiger partial charge in [0.15, 0.2) is 5.82 Å². The van der Waals surface area contributed by atoms with E-state index in [1.807, 2.05) is 24.0 Å². The van der Waals surface area contributed by atoms with Gasteiger partial charge in [0.2, 0.25) is 0 Å². The zero-order chi connectivity index (χ0) is 17.8. The van der Waals surface area contributed by atoms with Crippen LogP contribution in [0.25, 0.3) is 11.5 Å². The highest BCUT2D eigenvalue weighted by atomic mass is 15.1. The van der Waals surface area contributed by atoms with Crippen molar-refractivity contribution in [1.29, 1.82) is 0 Å². The van der Waals surface area contributed by atoms with E-state index in [4.69, 9.17) is 0 Å². The number of nitrogens with zero attached hydrogens (tertiary/aromatic N) is 7. The van der Waals surface area contributed by atoms with E-state index in [9.17, 15) is 0 Å². The third-order valence-corrected chi connectivity index (χ3v) is 4.89. The zero-order valence-electron chi connectivity index (χ0n) is 15.0. The lowest BCUT2D eigenvalue weighted by Gasteiger charge is -2.32. The number of aromatic nitrogens is 6. The summed E-state index contributed by atoms with van der Waals surface area (Å²) in [6.45, 7) is 3.02. The quantitative estimate of drug-likeness (QED) is 0.702. The first-order valence-corrected chi connectivity index (χ1v) is 9.04. The topological polar surface area (TPSA) is 72.6 Å². The van der Waals surface area contributed by atoms with Gasteiger partial charge in [-0.15, -0.1) is 0 Å². The van der Waals surface area contributed by atoms with E-state index in [1.54, 1.807) is 31.0 Å². The van der Waals surface area contributed by atoms with E-state index >= 15 is 0 Å². The lowest BCUT2D eigenvalue weighted by atomic mass is 9.92. The minimum absolute atomic E-state index is 0.566. The molecule has 0 radical (unpaired) electrons. The maximum atomic E-state index is 4.62. The van der Waals surface area contributed by atoms with Crippen molar-refractivity contribution in [3.63, 3.8) is 0 Å². The summed E-state index contributed by atoms with van der Waals surface area (Å²) >= 11 is 0. The fourth-order valence-corrected chi connectivity index (χ4v) is 3.67. The minimum atomic E-state index is 0.566. The molecule has 3 aromatic heterocycles. The molecule has 1 aliphatic rings. The smallest absolute Gasteiger partial charge is 0.160 e. The summed E-state index contributed by atoms with van der Waals surface area (Å²) < 4.78 is 1.99. The Labute approximate surface area is 153 Å². The van der Waals surface area contributed by atoms with E-state index in [1.165, 1.54) is 12.8 Å². The molecule has 0 aliphatic carbocycles. The van der Waals surface area contributed by atoms with Crippen LogP contribution >= 0.6 is 0 Å². The van der Waals surface area contributed by atoms with E-state index in [0.717, 1.165) is 49.0 Å². The molecule has 7 heteroatoms. The molecule has 0 amide bonds. The monoisotopic (exact) mass is 349 g/mol. The van der Waals surface area contributed by atoms with E-state index in [-0.39, 0.29) is 0 Å². The average Bonchev–Trinajstić information content (AvgIpc) is 3.09. The van der Waals surface area contributed by atoms with Crippen molar-refractivity contribution in [2.24, 2.45) is 13.0 Å². The summed E-state index contributed by atoms with van der Waals surface area (Å²) in [7, 11) is 1.99. The van der Waals surface area contributed by atoms with Crippen LogP contribution in [0.2, 0.25) is 0 Å². The summed E-state index contributed by atoms with van der Waals surface area (Å²) in [4.78, 5) is 24.7. The van der Waals surface area contributed by atoms with Crippen LogP contribution in [-0.2, 0) is 20.0 Å². The highest BCUT2D eigenvalue weighted by Crippen LogP contribution is 2.25. The lowest BCUT2D eigenvalue weighted by Crippen LogP contribution is -2.36. The van der Waals surface area contributed by atoms with Crippen LogP contribution in [0.5, 0.6) is 0 Å². The molecule has 0 aromatic carbocycles. The van der Waals surface area contributed by atoms with Gasteiger partial charge in [-0.2, -0.15) is 0 Å². The SMILES string of the molecule is Cn1ccnc1-c1nccnc1C[C@H]1CCCN(Cc2cnccn2)C1. The normalized spacial score (nSPS) is 18.1. The second-order valence-corrected chi connectivity index (χ2v) is 6.86. The molecule has 4 rings (SSSR count). The molecular formula is C19H23N7. The van der Waals surface area contributed by atoms with Crippen molar-refractivity contribution in [2.45, 2.75) is 25.8 Å². The number of likely N-dealkylation sites (tertiary alicyclic amines) is 1. The third-order valence-electron chi connectivity index (χ3n) is 4.89. The van der Waals surface area contributed by atoms with E-state index in [2.05, 4.69) is 29.8 Å². The van der Waals surface area contributed by atoms with Gasteiger partial charge in [-0.05, 0) is 31.7 Å². The lowest BCUT2D eigenvalue weighted by molar-refractivity contribution is 0.164. The molecule has 0 saturated carbocycles. The van der Waals surface area contributed by atoms with Gasteiger partial charge >= 0.3 is 0 Å². The van der Waals surface area contributed by atoms with Crippen LogP contribution in [0.1, 0.15) is 24.2 Å².